The van der Waals surface area contributed by atoms with E-state index >= 15 is 0 Å². The SMILES string of the molecule is Cc1ccc2nc(C)cc(NCC(=O)Cc3ccc(N(CCCl)CCCl)cc3)c2c1. The minimum atomic E-state index is 0.136. The van der Waals surface area contributed by atoms with Crippen LogP contribution in [0, 0.1) is 13.8 Å². The van der Waals surface area contributed by atoms with E-state index < -0.39 is 0 Å². The topological polar surface area (TPSA) is 45.2 Å². The molecule has 0 aliphatic carbocycles. The molecule has 3 aromatic rings. The monoisotopic (exact) mass is 443 g/mol. The molecule has 0 amide bonds. The Bertz CT molecular complexity index is 999. The van der Waals surface area contributed by atoms with Crippen LogP contribution >= 0.6 is 23.2 Å². The van der Waals surface area contributed by atoms with Crippen molar-refractivity contribution in [1.29, 1.82) is 0 Å². The number of ketones is 1. The summed E-state index contributed by atoms with van der Waals surface area (Å²) in [4.78, 5) is 19.3. The average molecular weight is 444 g/mol. The van der Waals surface area contributed by atoms with Gasteiger partial charge in [-0.1, -0.05) is 23.8 Å². The molecule has 0 fully saturated rings. The van der Waals surface area contributed by atoms with Gasteiger partial charge in [0.1, 0.15) is 0 Å². The third kappa shape index (κ3) is 5.87. The van der Waals surface area contributed by atoms with Gasteiger partial charge in [-0.05, 0) is 49.7 Å². The van der Waals surface area contributed by atoms with Crippen LogP contribution in [0.25, 0.3) is 10.9 Å². The Morgan fingerprint density at radius 3 is 2.37 bits per heavy atom. The molecule has 0 saturated carbocycles. The molecule has 0 aliphatic heterocycles. The largest absolute Gasteiger partial charge is 0.377 e. The Hall–Kier alpha value is -2.30. The number of pyridine rings is 1. The van der Waals surface area contributed by atoms with E-state index in [1.807, 2.05) is 43.3 Å². The number of alkyl halides is 2. The molecule has 2 aromatic carbocycles. The predicted octanol–water partition coefficient (Wildman–Crippen LogP) is 5.36. The van der Waals surface area contributed by atoms with Crippen molar-refractivity contribution in [2.24, 2.45) is 0 Å². The first kappa shape index (κ1) is 22.4. The minimum Gasteiger partial charge on any atom is -0.377 e. The highest BCUT2D eigenvalue weighted by Crippen LogP contribution is 2.24. The van der Waals surface area contributed by atoms with Crippen molar-refractivity contribution in [2.45, 2.75) is 20.3 Å². The first-order valence-electron chi connectivity index (χ1n) is 10.1. The highest BCUT2D eigenvalue weighted by atomic mass is 35.5. The van der Waals surface area contributed by atoms with E-state index in [-0.39, 0.29) is 12.3 Å². The summed E-state index contributed by atoms with van der Waals surface area (Å²) >= 11 is 11.8. The van der Waals surface area contributed by atoms with E-state index in [0.717, 1.165) is 46.6 Å². The van der Waals surface area contributed by atoms with Crippen LogP contribution in [-0.2, 0) is 11.2 Å². The fraction of sp³-hybridized carbons (Fsp3) is 0.333. The van der Waals surface area contributed by atoms with Crippen molar-refractivity contribution in [2.75, 3.05) is 41.6 Å². The van der Waals surface area contributed by atoms with Gasteiger partial charge in [-0.25, -0.2) is 0 Å². The minimum absolute atomic E-state index is 0.136. The Balaban J connectivity index is 1.64. The number of nitrogens with one attached hydrogen (secondary N) is 1. The van der Waals surface area contributed by atoms with Crippen LogP contribution in [0.5, 0.6) is 0 Å². The number of hydrogen-bond donors (Lipinski definition) is 1. The van der Waals surface area contributed by atoms with E-state index in [4.69, 9.17) is 23.2 Å². The third-order valence-electron chi connectivity index (χ3n) is 4.98. The van der Waals surface area contributed by atoms with Gasteiger partial charge in [0, 0.05) is 53.7 Å². The number of aromatic nitrogens is 1. The van der Waals surface area contributed by atoms with Crippen molar-refractivity contribution in [1.82, 2.24) is 4.98 Å². The fourth-order valence-corrected chi connectivity index (χ4v) is 3.91. The molecule has 6 heteroatoms. The number of nitrogens with zero attached hydrogens (tertiary/aromatic N) is 2. The third-order valence-corrected chi connectivity index (χ3v) is 5.32. The first-order chi connectivity index (χ1) is 14.5. The van der Waals surface area contributed by atoms with Crippen LogP contribution in [0.15, 0.2) is 48.5 Å². The van der Waals surface area contributed by atoms with Crippen LogP contribution in [0.1, 0.15) is 16.8 Å². The lowest BCUT2D eigenvalue weighted by molar-refractivity contribution is -0.116. The average Bonchev–Trinajstić information content (AvgIpc) is 2.73. The number of fused-ring (bicyclic) bond motifs is 1. The molecule has 0 radical (unpaired) electrons. The zero-order chi connectivity index (χ0) is 21.5. The lowest BCUT2D eigenvalue weighted by Gasteiger charge is -2.23. The molecule has 1 heterocycles. The molecule has 0 unspecified atom stereocenters. The van der Waals surface area contributed by atoms with Gasteiger partial charge in [0.25, 0.3) is 0 Å². The number of halogens is 2. The van der Waals surface area contributed by atoms with Crippen LogP contribution in [0.2, 0.25) is 0 Å². The maximum absolute atomic E-state index is 12.6. The van der Waals surface area contributed by atoms with Gasteiger partial charge >= 0.3 is 0 Å². The van der Waals surface area contributed by atoms with Crippen LogP contribution in [0.4, 0.5) is 11.4 Å². The van der Waals surface area contributed by atoms with E-state index in [9.17, 15) is 4.79 Å². The molecule has 30 heavy (non-hydrogen) atoms. The summed E-state index contributed by atoms with van der Waals surface area (Å²) in [5.41, 5.74) is 6.04. The van der Waals surface area contributed by atoms with Gasteiger partial charge < -0.3 is 10.2 Å². The summed E-state index contributed by atoms with van der Waals surface area (Å²) in [6.45, 7) is 5.79. The van der Waals surface area contributed by atoms with Gasteiger partial charge in [-0.2, -0.15) is 0 Å². The molecule has 1 aromatic heterocycles. The highest BCUT2D eigenvalue weighted by Gasteiger charge is 2.09. The van der Waals surface area contributed by atoms with E-state index in [2.05, 4.69) is 34.3 Å². The van der Waals surface area contributed by atoms with E-state index in [0.29, 0.717) is 18.2 Å². The maximum atomic E-state index is 12.6. The van der Waals surface area contributed by atoms with Crippen molar-refractivity contribution >= 4 is 51.3 Å². The van der Waals surface area contributed by atoms with Gasteiger partial charge in [0.05, 0.1) is 12.1 Å². The number of carbonyl (C=O) groups is 1. The molecule has 158 valence electrons. The number of Topliss-reactive ketones (excluding diaryl/α,β-unsaturated/α-hetero) is 1. The standard InChI is InChI=1S/C24H27Cl2N3O/c1-17-3-8-23-22(13-17)24(14-18(2)28-23)27-16-21(30)15-19-4-6-20(7-5-19)29(11-9-25)12-10-26/h3-8,13-14H,9-12,15-16H2,1-2H3,(H,27,28). The molecule has 0 aliphatic rings. The summed E-state index contributed by atoms with van der Waals surface area (Å²) in [7, 11) is 0. The van der Waals surface area contributed by atoms with Crippen molar-refractivity contribution < 1.29 is 4.79 Å². The van der Waals surface area contributed by atoms with Crippen LogP contribution in [-0.4, -0.2) is 42.2 Å². The lowest BCUT2D eigenvalue weighted by atomic mass is 10.1. The number of anilines is 2. The van der Waals surface area contributed by atoms with Gasteiger partial charge in [-0.15, -0.1) is 23.2 Å². The van der Waals surface area contributed by atoms with Crippen LogP contribution < -0.4 is 10.2 Å². The van der Waals surface area contributed by atoms with Crippen LogP contribution in [0.3, 0.4) is 0 Å². The summed E-state index contributed by atoms with van der Waals surface area (Å²) in [6.07, 6.45) is 0.388. The first-order valence-corrected chi connectivity index (χ1v) is 11.2. The molecule has 0 spiro atoms. The molecule has 1 N–H and O–H groups in total. The zero-order valence-electron chi connectivity index (χ0n) is 17.4. The Morgan fingerprint density at radius 1 is 1.00 bits per heavy atom. The number of carbonyl (C=O) groups excluding carboxylic acids is 1. The smallest absolute Gasteiger partial charge is 0.156 e. The molecule has 4 nitrogen and oxygen atoms in total. The van der Waals surface area contributed by atoms with Gasteiger partial charge in [0.2, 0.25) is 0 Å². The van der Waals surface area contributed by atoms with Crippen molar-refractivity contribution in [3.05, 3.63) is 65.4 Å². The maximum Gasteiger partial charge on any atom is 0.156 e. The predicted molar refractivity (Wildman–Crippen MR) is 129 cm³/mol. The molecule has 0 atom stereocenters. The Labute approximate surface area is 188 Å². The quantitative estimate of drug-likeness (QED) is 0.428. The Kier molecular flexibility index (Phi) is 7.94. The number of aryl methyl sites for hydroxylation is 2. The molecule has 0 bridgehead atoms. The normalized spacial score (nSPS) is 10.9. The van der Waals surface area contributed by atoms with Crippen molar-refractivity contribution in [3.63, 3.8) is 0 Å². The lowest BCUT2D eigenvalue weighted by Crippen LogP contribution is -2.27. The second kappa shape index (κ2) is 10.6. The second-order valence-corrected chi connectivity index (χ2v) is 8.19. The summed E-state index contributed by atoms with van der Waals surface area (Å²) in [5, 5.41) is 4.35. The number of rotatable bonds is 10. The summed E-state index contributed by atoms with van der Waals surface area (Å²) < 4.78 is 0. The fourth-order valence-electron chi connectivity index (χ4n) is 3.50. The van der Waals surface area contributed by atoms with E-state index in [1.54, 1.807) is 0 Å². The number of hydrogen-bond acceptors (Lipinski definition) is 4. The molecular formula is C24H27Cl2N3O. The molecular weight excluding hydrogens is 417 g/mol. The Morgan fingerprint density at radius 2 is 1.70 bits per heavy atom. The number of benzene rings is 2. The van der Waals surface area contributed by atoms with Gasteiger partial charge in [0.15, 0.2) is 5.78 Å². The highest BCUT2D eigenvalue weighted by molar-refractivity contribution is 6.18. The summed E-state index contributed by atoms with van der Waals surface area (Å²) in [5.74, 6) is 1.23. The second-order valence-electron chi connectivity index (χ2n) is 7.43. The molecule has 0 saturated heterocycles. The zero-order valence-corrected chi connectivity index (χ0v) is 18.9. The van der Waals surface area contributed by atoms with E-state index in [1.165, 1.54) is 5.56 Å². The molecule has 3 rings (SSSR count). The van der Waals surface area contributed by atoms with Gasteiger partial charge in [-0.3, -0.25) is 9.78 Å². The van der Waals surface area contributed by atoms with Crippen molar-refractivity contribution in [3.8, 4) is 0 Å². The summed E-state index contributed by atoms with van der Waals surface area (Å²) in [6, 6.07) is 16.2.